The van der Waals surface area contributed by atoms with Gasteiger partial charge in [-0.15, -0.1) is 0 Å². The third-order valence-electron chi connectivity index (χ3n) is 3.83. The Kier molecular flexibility index (Phi) is 2.84. The van der Waals surface area contributed by atoms with E-state index in [0.717, 1.165) is 5.56 Å². The Morgan fingerprint density at radius 2 is 1.94 bits per heavy atom. The highest BCUT2D eigenvalue weighted by molar-refractivity contribution is 5.83. The van der Waals surface area contributed by atoms with E-state index in [-0.39, 0.29) is 6.10 Å². The van der Waals surface area contributed by atoms with Crippen molar-refractivity contribution in [1.82, 2.24) is 0 Å². The van der Waals surface area contributed by atoms with Crippen molar-refractivity contribution in [2.45, 2.75) is 31.5 Å². The van der Waals surface area contributed by atoms with E-state index in [1.165, 1.54) is 10.8 Å². The van der Waals surface area contributed by atoms with Gasteiger partial charge in [0.15, 0.2) is 0 Å². The maximum absolute atomic E-state index is 10.8. The summed E-state index contributed by atoms with van der Waals surface area (Å²) in [5.41, 5.74) is 0.276. The number of benzene rings is 2. The van der Waals surface area contributed by atoms with Crippen molar-refractivity contribution in [2.75, 3.05) is 6.61 Å². The minimum atomic E-state index is -0.734. The molecule has 0 radical (unpaired) electrons. The molecule has 0 spiro atoms. The van der Waals surface area contributed by atoms with Crippen LogP contribution in [0.25, 0.3) is 10.8 Å². The van der Waals surface area contributed by atoms with Crippen LogP contribution in [0.5, 0.6) is 0 Å². The highest BCUT2D eigenvalue weighted by Crippen LogP contribution is 2.35. The maximum Gasteiger partial charge on any atom is 0.0943 e. The van der Waals surface area contributed by atoms with Gasteiger partial charge in [-0.2, -0.15) is 0 Å². The van der Waals surface area contributed by atoms with E-state index in [2.05, 4.69) is 24.3 Å². The first-order valence-electron chi connectivity index (χ1n) is 6.51. The highest BCUT2D eigenvalue weighted by atomic mass is 16.5. The van der Waals surface area contributed by atoms with Crippen molar-refractivity contribution in [1.29, 1.82) is 0 Å². The summed E-state index contributed by atoms with van der Waals surface area (Å²) in [6.45, 7) is 2.65. The third kappa shape index (κ3) is 2.02. The Bertz CT molecular complexity index is 564. The first-order valence-corrected chi connectivity index (χ1v) is 6.51. The number of hydrogen-bond acceptors (Lipinski definition) is 2. The molecule has 2 unspecified atom stereocenters. The van der Waals surface area contributed by atoms with Crippen molar-refractivity contribution in [3.8, 4) is 0 Å². The Labute approximate surface area is 107 Å². The topological polar surface area (TPSA) is 29.5 Å². The predicted octanol–water partition coefficient (Wildman–Crippen LogP) is 3.23. The summed E-state index contributed by atoms with van der Waals surface area (Å²) >= 11 is 0. The van der Waals surface area contributed by atoms with Crippen LogP contribution in [-0.4, -0.2) is 17.8 Å². The molecule has 3 rings (SSSR count). The predicted molar refractivity (Wildman–Crippen MR) is 72.5 cm³/mol. The van der Waals surface area contributed by atoms with Crippen LogP contribution in [0.1, 0.15) is 25.3 Å². The molecule has 2 heteroatoms. The summed E-state index contributed by atoms with van der Waals surface area (Å²) in [5, 5.41) is 13.2. The molecule has 94 valence electrons. The van der Waals surface area contributed by atoms with E-state index in [1.54, 1.807) is 0 Å². The quantitative estimate of drug-likeness (QED) is 0.832. The summed E-state index contributed by atoms with van der Waals surface area (Å²) in [7, 11) is 0. The van der Waals surface area contributed by atoms with E-state index < -0.39 is 5.60 Å². The Hall–Kier alpha value is -1.38. The molecule has 1 N–H and O–H groups in total. The van der Waals surface area contributed by atoms with Crippen LogP contribution in [0, 0.1) is 0 Å². The van der Waals surface area contributed by atoms with E-state index >= 15 is 0 Å². The number of aliphatic hydroxyl groups is 1. The Balaban J connectivity index is 2.02. The van der Waals surface area contributed by atoms with Crippen LogP contribution in [0.2, 0.25) is 0 Å². The van der Waals surface area contributed by atoms with E-state index in [9.17, 15) is 5.11 Å². The van der Waals surface area contributed by atoms with E-state index in [0.29, 0.717) is 19.4 Å². The van der Waals surface area contributed by atoms with Gasteiger partial charge in [-0.25, -0.2) is 0 Å². The fraction of sp³-hybridized carbons (Fsp3) is 0.375. The molecule has 2 aromatic rings. The van der Waals surface area contributed by atoms with Gasteiger partial charge in [-0.1, -0.05) is 36.4 Å². The number of rotatable bonds is 1. The summed E-state index contributed by atoms with van der Waals surface area (Å²) in [4.78, 5) is 0. The standard InChI is InChI=1S/C16H18O2/c1-12-11-16(17,8-9-18-12)15-7-6-13-4-2-3-5-14(13)10-15/h2-7,10,12,17H,8-9,11H2,1H3. The van der Waals surface area contributed by atoms with Crippen LogP contribution < -0.4 is 0 Å². The zero-order valence-electron chi connectivity index (χ0n) is 10.6. The second-order valence-electron chi connectivity index (χ2n) is 5.23. The molecule has 1 aliphatic rings. The molecule has 2 atom stereocenters. The van der Waals surface area contributed by atoms with Crippen LogP contribution in [-0.2, 0) is 10.3 Å². The molecular formula is C16H18O2. The SMILES string of the molecule is CC1CC(O)(c2ccc3ccccc3c2)CCO1. The second-order valence-corrected chi connectivity index (χ2v) is 5.23. The normalized spacial score (nSPS) is 28.4. The summed E-state index contributed by atoms with van der Waals surface area (Å²) < 4.78 is 5.52. The zero-order valence-corrected chi connectivity index (χ0v) is 10.6. The van der Waals surface area contributed by atoms with Crippen molar-refractivity contribution in [2.24, 2.45) is 0 Å². The lowest BCUT2D eigenvalue weighted by Crippen LogP contribution is -2.37. The lowest BCUT2D eigenvalue weighted by molar-refractivity contribution is -0.101. The largest absolute Gasteiger partial charge is 0.385 e. The van der Waals surface area contributed by atoms with Gasteiger partial charge in [0.05, 0.1) is 18.3 Å². The molecule has 2 aromatic carbocycles. The van der Waals surface area contributed by atoms with E-state index in [1.807, 2.05) is 25.1 Å². The van der Waals surface area contributed by atoms with Crippen molar-refractivity contribution in [3.63, 3.8) is 0 Å². The summed E-state index contributed by atoms with van der Waals surface area (Å²) in [5.74, 6) is 0. The first kappa shape index (κ1) is 11.7. The molecular weight excluding hydrogens is 224 g/mol. The molecule has 0 aromatic heterocycles. The van der Waals surface area contributed by atoms with Crippen LogP contribution >= 0.6 is 0 Å². The van der Waals surface area contributed by atoms with Gasteiger partial charge in [0, 0.05) is 12.8 Å². The monoisotopic (exact) mass is 242 g/mol. The van der Waals surface area contributed by atoms with Crippen LogP contribution in [0.15, 0.2) is 42.5 Å². The minimum absolute atomic E-state index is 0.121. The summed E-state index contributed by atoms with van der Waals surface area (Å²) in [6, 6.07) is 14.5. The van der Waals surface area contributed by atoms with Crippen LogP contribution in [0.4, 0.5) is 0 Å². The molecule has 0 saturated carbocycles. The van der Waals surface area contributed by atoms with Crippen molar-refractivity contribution in [3.05, 3.63) is 48.0 Å². The average molecular weight is 242 g/mol. The average Bonchev–Trinajstić information content (AvgIpc) is 2.38. The molecule has 1 saturated heterocycles. The lowest BCUT2D eigenvalue weighted by atomic mass is 9.83. The Morgan fingerprint density at radius 3 is 2.72 bits per heavy atom. The van der Waals surface area contributed by atoms with Gasteiger partial charge in [0.2, 0.25) is 0 Å². The van der Waals surface area contributed by atoms with Gasteiger partial charge < -0.3 is 9.84 Å². The van der Waals surface area contributed by atoms with Gasteiger partial charge in [0.1, 0.15) is 0 Å². The smallest absolute Gasteiger partial charge is 0.0943 e. The van der Waals surface area contributed by atoms with Gasteiger partial charge in [-0.3, -0.25) is 0 Å². The molecule has 0 bridgehead atoms. The van der Waals surface area contributed by atoms with Gasteiger partial charge in [-0.05, 0) is 29.3 Å². The molecule has 0 amide bonds. The Morgan fingerprint density at radius 1 is 1.17 bits per heavy atom. The lowest BCUT2D eigenvalue weighted by Gasteiger charge is -2.36. The third-order valence-corrected chi connectivity index (χ3v) is 3.83. The highest BCUT2D eigenvalue weighted by Gasteiger charge is 2.34. The van der Waals surface area contributed by atoms with Gasteiger partial charge in [0.25, 0.3) is 0 Å². The van der Waals surface area contributed by atoms with E-state index in [4.69, 9.17) is 4.74 Å². The molecule has 1 heterocycles. The molecule has 1 fully saturated rings. The fourth-order valence-corrected chi connectivity index (χ4v) is 2.81. The molecule has 18 heavy (non-hydrogen) atoms. The van der Waals surface area contributed by atoms with Gasteiger partial charge >= 0.3 is 0 Å². The number of ether oxygens (including phenoxy) is 1. The molecule has 1 aliphatic heterocycles. The number of fused-ring (bicyclic) bond motifs is 1. The maximum atomic E-state index is 10.8. The minimum Gasteiger partial charge on any atom is -0.385 e. The van der Waals surface area contributed by atoms with Crippen LogP contribution in [0.3, 0.4) is 0 Å². The fourth-order valence-electron chi connectivity index (χ4n) is 2.81. The van der Waals surface area contributed by atoms with Crippen molar-refractivity contribution < 1.29 is 9.84 Å². The molecule has 2 nitrogen and oxygen atoms in total. The first-order chi connectivity index (χ1) is 8.67. The zero-order chi connectivity index (χ0) is 12.6. The second kappa shape index (κ2) is 4.38. The molecule has 0 aliphatic carbocycles. The number of hydrogen-bond donors (Lipinski definition) is 1. The van der Waals surface area contributed by atoms with Crippen molar-refractivity contribution >= 4 is 10.8 Å². The summed E-state index contributed by atoms with van der Waals surface area (Å²) in [6.07, 6.45) is 1.47.